The summed E-state index contributed by atoms with van der Waals surface area (Å²) in [6.45, 7) is 0. The molecular formula is C15H16O. The van der Waals surface area contributed by atoms with Crippen LogP contribution in [0.5, 0.6) is 0 Å². The van der Waals surface area contributed by atoms with E-state index < -0.39 is 0 Å². The van der Waals surface area contributed by atoms with Crippen molar-refractivity contribution in [1.29, 1.82) is 0 Å². The second-order valence-electron chi connectivity index (χ2n) is 4.48. The summed E-state index contributed by atoms with van der Waals surface area (Å²) in [5.41, 5.74) is 5.74. The number of rotatable bonds is 1. The highest BCUT2D eigenvalue weighted by Crippen LogP contribution is 2.40. The Labute approximate surface area is 96.4 Å². The molecule has 0 saturated carbocycles. The smallest absolute Gasteiger partial charge is 0.104 e. The Balaban J connectivity index is 2.11. The molecule has 0 N–H and O–H groups in total. The molecule has 1 aromatic carbocycles. The summed E-state index contributed by atoms with van der Waals surface area (Å²) in [5.74, 6) is 0. The Bertz CT molecular complexity index is 468. The Kier molecular flexibility index (Phi) is 2.41. The van der Waals surface area contributed by atoms with Crippen molar-refractivity contribution in [2.24, 2.45) is 0 Å². The van der Waals surface area contributed by atoms with Gasteiger partial charge in [0.15, 0.2) is 0 Å². The van der Waals surface area contributed by atoms with Crippen LogP contribution in [0.4, 0.5) is 0 Å². The zero-order chi connectivity index (χ0) is 11.0. The number of allylic oxidation sites excluding steroid dienone is 3. The number of hydrogen-bond acceptors (Lipinski definition) is 1. The molecule has 1 nitrogen and oxygen atoms in total. The first-order chi connectivity index (χ1) is 7.90. The van der Waals surface area contributed by atoms with Gasteiger partial charge in [-0.2, -0.15) is 0 Å². The van der Waals surface area contributed by atoms with Crippen LogP contribution in [0.1, 0.15) is 30.1 Å². The molecule has 1 aromatic rings. The molecule has 1 atom stereocenters. The van der Waals surface area contributed by atoms with Gasteiger partial charge in [0.25, 0.3) is 0 Å². The van der Waals surface area contributed by atoms with Crippen LogP contribution in [0.2, 0.25) is 0 Å². The largest absolute Gasteiger partial charge is 0.372 e. The van der Waals surface area contributed by atoms with E-state index in [0.717, 1.165) is 19.3 Å². The van der Waals surface area contributed by atoms with Gasteiger partial charge in [0.05, 0.1) is 0 Å². The lowest BCUT2D eigenvalue weighted by Crippen LogP contribution is -2.17. The summed E-state index contributed by atoms with van der Waals surface area (Å²) in [7, 11) is 1.82. The molecule has 0 fully saturated rings. The van der Waals surface area contributed by atoms with Crippen LogP contribution < -0.4 is 0 Å². The van der Waals surface area contributed by atoms with Crippen molar-refractivity contribution in [3.8, 4) is 0 Å². The van der Waals surface area contributed by atoms with E-state index in [-0.39, 0.29) is 6.10 Å². The highest BCUT2D eigenvalue weighted by atomic mass is 16.5. The van der Waals surface area contributed by atoms with Crippen molar-refractivity contribution >= 4 is 0 Å². The molecule has 2 aliphatic carbocycles. The van der Waals surface area contributed by atoms with Crippen molar-refractivity contribution in [2.45, 2.75) is 25.4 Å². The van der Waals surface area contributed by atoms with Crippen LogP contribution in [-0.2, 0) is 11.2 Å². The number of ether oxygens (including phenoxy) is 1. The maximum Gasteiger partial charge on any atom is 0.104 e. The van der Waals surface area contributed by atoms with Crippen molar-refractivity contribution < 1.29 is 4.74 Å². The van der Waals surface area contributed by atoms with E-state index in [9.17, 15) is 0 Å². The summed E-state index contributed by atoms with van der Waals surface area (Å²) < 4.78 is 5.70. The lowest BCUT2D eigenvalue weighted by molar-refractivity contribution is 0.126. The molecule has 82 valence electrons. The normalized spacial score (nSPS) is 22.9. The van der Waals surface area contributed by atoms with Crippen molar-refractivity contribution in [2.75, 3.05) is 7.11 Å². The second kappa shape index (κ2) is 3.91. The lowest BCUT2D eigenvalue weighted by atomic mass is 9.80. The third-order valence-electron chi connectivity index (χ3n) is 3.58. The van der Waals surface area contributed by atoms with Gasteiger partial charge in [0, 0.05) is 7.11 Å². The van der Waals surface area contributed by atoms with E-state index in [0.29, 0.717) is 0 Å². The van der Waals surface area contributed by atoms with E-state index in [1.54, 1.807) is 0 Å². The molecule has 0 amide bonds. The summed E-state index contributed by atoms with van der Waals surface area (Å²) in [6, 6.07) is 8.64. The summed E-state index contributed by atoms with van der Waals surface area (Å²) in [4.78, 5) is 0. The second-order valence-corrected chi connectivity index (χ2v) is 4.48. The highest BCUT2D eigenvalue weighted by Gasteiger charge is 2.26. The van der Waals surface area contributed by atoms with Gasteiger partial charge in [-0.15, -0.1) is 0 Å². The van der Waals surface area contributed by atoms with Gasteiger partial charge in [-0.1, -0.05) is 36.4 Å². The van der Waals surface area contributed by atoms with Gasteiger partial charge in [0.2, 0.25) is 0 Å². The molecule has 0 bridgehead atoms. The third kappa shape index (κ3) is 1.43. The van der Waals surface area contributed by atoms with Gasteiger partial charge in [0.1, 0.15) is 6.10 Å². The minimum Gasteiger partial charge on any atom is -0.372 e. The Morgan fingerprint density at radius 2 is 2.12 bits per heavy atom. The molecule has 16 heavy (non-hydrogen) atoms. The fourth-order valence-electron chi connectivity index (χ4n) is 2.82. The van der Waals surface area contributed by atoms with E-state index in [1.165, 1.54) is 22.3 Å². The van der Waals surface area contributed by atoms with Crippen molar-refractivity contribution in [3.05, 3.63) is 58.7 Å². The molecule has 0 heterocycles. The molecule has 3 rings (SSSR count). The number of methoxy groups -OCH3 is 1. The minimum atomic E-state index is 0.185. The van der Waals surface area contributed by atoms with Crippen LogP contribution in [0, 0.1) is 0 Å². The maximum absolute atomic E-state index is 5.70. The number of fused-ring (bicyclic) bond motifs is 1. The van der Waals surface area contributed by atoms with Crippen LogP contribution in [0.3, 0.4) is 0 Å². The Morgan fingerprint density at radius 1 is 1.25 bits per heavy atom. The van der Waals surface area contributed by atoms with Gasteiger partial charge in [-0.05, 0) is 41.5 Å². The number of hydrogen-bond donors (Lipinski definition) is 0. The molecule has 0 aliphatic heterocycles. The minimum absolute atomic E-state index is 0.185. The standard InChI is InChI=1S/C15H16O/c1-16-15-13-8-4-2-6-11(13)10-12-7-3-5-9-14(12)15/h2-4,6-8,15H,5,9-10H2,1H3. The van der Waals surface area contributed by atoms with Crippen molar-refractivity contribution in [3.63, 3.8) is 0 Å². The fraction of sp³-hybridized carbons (Fsp3) is 0.333. The first-order valence-corrected chi connectivity index (χ1v) is 5.89. The van der Waals surface area contributed by atoms with Gasteiger partial charge in [-0.3, -0.25) is 0 Å². The quantitative estimate of drug-likeness (QED) is 0.691. The first-order valence-electron chi connectivity index (χ1n) is 5.89. The molecular weight excluding hydrogens is 196 g/mol. The average molecular weight is 212 g/mol. The molecule has 0 radical (unpaired) electrons. The Morgan fingerprint density at radius 3 is 3.00 bits per heavy atom. The topological polar surface area (TPSA) is 9.23 Å². The van der Waals surface area contributed by atoms with Crippen LogP contribution in [0.25, 0.3) is 0 Å². The summed E-state index contributed by atoms with van der Waals surface area (Å²) >= 11 is 0. The van der Waals surface area contributed by atoms with Crippen LogP contribution >= 0.6 is 0 Å². The molecule has 0 saturated heterocycles. The van der Waals surface area contributed by atoms with E-state index in [1.807, 2.05) is 7.11 Å². The highest BCUT2D eigenvalue weighted by molar-refractivity contribution is 5.48. The van der Waals surface area contributed by atoms with E-state index in [4.69, 9.17) is 4.74 Å². The SMILES string of the molecule is COC1C2=C(C=CCC2)Cc2ccccc21. The zero-order valence-corrected chi connectivity index (χ0v) is 9.57. The van der Waals surface area contributed by atoms with Gasteiger partial charge in [-0.25, -0.2) is 0 Å². The molecule has 0 aromatic heterocycles. The molecule has 0 spiro atoms. The predicted molar refractivity (Wildman–Crippen MR) is 65.3 cm³/mol. The number of benzene rings is 1. The third-order valence-corrected chi connectivity index (χ3v) is 3.58. The van der Waals surface area contributed by atoms with Gasteiger partial charge < -0.3 is 4.74 Å². The van der Waals surface area contributed by atoms with Crippen LogP contribution in [-0.4, -0.2) is 7.11 Å². The molecule has 1 heteroatoms. The zero-order valence-electron chi connectivity index (χ0n) is 9.57. The van der Waals surface area contributed by atoms with E-state index >= 15 is 0 Å². The van der Waals surface area contributed by atoms with Gasteiger partial charge >= 0.3 is 0 Å². The fourth-order valence-corrected chi connectivity index (χ4v) is 2.82. The Hall–Kier alpha value is -1.34. The van der Waals surface area contributed by atoms with E-state index in [2.05, 4.69) is 36.4 Å². The first kappa shape index (κ1) is 9.86. The van der Waals surface area contributed by atoms with Crippen LogP contribution in [0.15, 0.2) is 47.6 Å². The van der Waals surface area contributed by atoms with Crippen molar-refractivity contribution in [1.82, 2.24) is 0 Å². The lowest BCUT2D eigenvalue weighted by Gasteiger charge is -2.30. The monoisotopic (exact) mass is 212 g/mol. The molecule has 2 aliphatic rings. The molecule has 1 unspecified atom stereocenters. The average Bonchev–Trinajstić information content (AvgIpc) is 2.36. The predicted octanol–water partition coefficient (Wildman–Crippen LogP) is 3.58. The maximum atomic E-state index is 5.70. The summed E-state index contributed by atoms with van der Waals surface area (Å²) in [6.07, 6.45) is 8.12. The summed E-state index contributed by atoms with van der Waals surface area (Å²) in [5, 5.41) is 0.